The number of hydrogen-bond acceptors (Lipinski definition) is 7. The molecule has 4 rings (SSSR count). The minimum Gasteiger partial charge on any atom is -0.496 e. The number of carbonyl (C=O) groups is 3. The summed E-state index contributed by atoms with van der Waals surface area (Å²) >= 11 is 0. The lowest BCUT2D eigenvalue weighted by Gasteiger charge is -2.30. The van der Waals surface area contributed by atoms with Crippen LogP contribution in [0.25, 0.3) is 17.7 Å². The molecule has 8 heteroatoms. The molecule has 1 heterocycles. The quantitative estimate of drug-likeness (QED) is 0.140. The lowest BCUT2D eigenvalue weighted by molar-refractivity contribution is -0.132. The molecule has 8 nitrogen and oxygen atoms in total. The van der Waals surface area contributed by atoms with Gasteiger partial charge in [0.2, 0.25) is 0 Å². The summed E-state index contributed by atoms with van der Waals surface area (Å²) in [5, 5.41) is 9.13. The zero-order chi connectivity index (χ0) is 29.0. The number of hydrogen-bond donors (Lipinski definition) is 1. The van der Waals surface area contributed by atoms with Crippen molar-refractivity contribution in [2.45, 2.75) is 26.4 Å². The van der Waals surface area contributed by atoms with E-state index in [2.05, 4.69) is 6.58 Å². The molecule has 1 aliphatic heterocycles. The first-order valence-corrected chi connectivity index (χ1v) is 12.3. The van der Waals surface area contributed by atoms with E-state index in [4.69, 9.17) is 24.1 Å². The van der Waals surface area contributed by atoms with E-state index in [0.29, 0.717) is 33.9 Å². The van der Waals surface area contributed by atoms with Crippen LogP contribution in [0.15, 0.2) is 73.3 Å². The van der Waals surface area contributed by atoms with Gasteiger partial charge in [0.1, 0.15) is 34.2 Å². The van der Waals surface area contributed by atoms with Crippen molar-refractivity contribution in [2.24, 2.45) is 0 Å². The van der Waals surface area contributed by atoms with Crippen LogP contribution in [0.2, 0.25) is 0 Å². The summed E-state index contributed by atoms with van der Waals surface area (Å²) in [7, 11) is 1.46. The van der Waals surface area contributed by atoms with E-state index in [1.54, 1.807) is 60.7 Å². The van der Waals surface area contributed by atoms with Crippen molar-refractivity contribution in [2.75, 3.05) is 7.11 Å². The molecular formula is C32H28O8. The Hall–Kier alpha value is -5.11. The van der Waals surface area contributed by atoms with Crippen LogP contribution in [-0.2, 0) is 9.59 Å². The van der Waals surface area contributed by atoms with Crippen LogP contribution in [0.4, 0.5) is 0 Å². The number of ether oxygens (including phenoxy) is 4. The van der Waals surface area contributed by atoms with Gasteiger partial charge in [-0.05, 0) is 67.5 Å². The number of carboxylic acids is 1. The number of methoxy groups -OCH3 is 1. The van der Waals surface area contributed by atoms with Gasteiger partial charge >= 0.3 is 11.9 Å². The van der Waals surface area contributed by atoms with Crippen LogP contribution in [0.3, 0.4) is 0 Å². The van der Waals surface area contributed by atoms with Crippen LogP contribution in [-0.4, -0.2) is 35.5 Å². The van der Waals surface area contributed by atoms with Crippen molar-refractivity contribution < 1.29 is 38.4 Å². The number of aliphatic carboxylic acids is 1. The van der Waals surface area contributed by atoms with Gasteiger partial charge in [-0.1, -0.05) is 36.9 Å². The van der Waals surface area contributed by atoms with Crippen molar-refractivity contribution in [1.82, 2.24) is 0 Å². The Morgan fingerprint density at radius 1 is 1.00 bits per heavy atom. The van der Waals surface area contributed by atoms with Crippen molar-refractivity contribution in [3.8, 4) is 28.7 Å². The molecule has 0 spiro atoms. The summed E-state index contributed by atoms with van der Waals surface area (Å²) in [4.78, 5) is 36.0. The Morgan fingerprint density at radius 3 is 2.25 bits per heavy atom. The highest BCUT2D eigenvalue weighted by atomic mass is 16.5. The third kappa shape index (κ3) is 6.30. The van der Waals surface area contributed by atoms with Gasteiger partial charge < -0.3 is 24.1 Å². The topological polar surface area (TPSA) is 108 Å². The van der Waals surface area contributed by atoms with E-state index in [9.17, 15) is 14.4 Å². The van der Waals surface area contributed by atoms with Crippen molar-refractivity contribution in [1.29, 1.82) is 0 Å². The van der Waals surface area contributed by atoms with E-state index in [-0.39, 0.29) is 28.4 Å². The standard InChI is InChI=1S/C32H28O8/c1-19(31(35)36)22-9-6-21(7-10-22)8-15-26(34)29-28(37-5)18-27-25(16-17-32(3,4)40-27)30(29)39-24-13-11-23(12-14-24)38-20(2)33/h6-18H,1H2,2-5H3,(H,35,36). The van der Waals surface area contributed by atoms with E-state index in [0.717, 1.165) is 0 Å². The Balaban J connectivity index is 1.73. The zero-order valence-corrected chi connectivity index (χ0v) is 22.5. The number of ketones is 1. The minimum atomic E-state index is -1.10. The maximum absolute atomic E-state index is 13.6. The average molecular weight is 541 g/mol. The molecule has 1 aliphatic rings. The molecule has 0 saturated heterocycles. The molecule has 204 valence electrons. The van der Waals surface area contributed by atoms with Crippen LogP contribution in [0.5, 0.6) is 28.7 Å². The molecule has 40 heavy (non-hydrogen) atoms. The van der Waals surface area contributed by atoms with Crippen LogP contribution in [0, 0.1) is 0 Å². The van der Waals surface area contributed by atoms with Crippen molar-refractivity contribution in [3.05, 3.63) is 95.6 Å². The highest BCUT2D eigenvalue weighted by molar-refractivity contribution is 6.14. The largest absolute Gasteiger partial charge is 0.496 e. The lowest BCUT2D eigenvalue weighted by Crippen LogP contribution is -2.27. The predicted octanol–water partition coefficient (Wildman–Crippen LogP) is 6.59. The molecular weight excluding hydrogens is 512 g/mol. The number of esters is 1. The van der Waals surface area contributed by atoms with Crippen molar-refractivity contribution in [3.63, 3.8) is 0 Å². The van der Waals surface area contributed by atoms with Gasteiger partial charge in [0, 0.05) is 13.0 Å². The third-order valence-electron chi connectivity index (χ3n) is 5.99. The molecule has 1 N–H and O–H groups in total. The SMILES string of the molecule is C=C(C(=O)O)c1ccc(C=CC(=O)c2c(OC)cc3c(c2Oc2ccc(OC(C)=O)cc2)C=CC(C)(C)O3)cc1. The zero-order valence-electron chi connectivity index (χ0n) is 22.5. The molecule has 0 atom stereocenters. The maximum atomic E-state index is 13.6. The van der Waals surface area contributed by atoms with Crippen molar-refractivity contribution >= 4 is 35.4 Å². The van der Waals surface area contributed by atoms with Gasteiger partial charge in [-0.2, -0.15) is 0 Å². The van der Waals surface area contributed by atoms with E-state index >= 15 is 0 Å². The lowest BCUT2D eigenvalue weighted by atomic mass is 9.96. The molecule has 3 aromatic rings. The second kappa shape index (κ2) is 11.3. The maximum Gasteiger partial charge on any atom is 0.335 e. The number of carbonyl (C=O) groups excluding carboxylic acids is 2. The monoisotopic (exact) mass is 540 g/mol. The number of benzene rings is 3. The van der Waals surface area contributed by atoms with Crippen LogP contribution >= 0.6 is 0 Å². The fraction of sp³-hybridized carbons (Fsp3) is 0.156. The number of carboxylic acid groups (broad SMARTS) is 1. The normalized spacial score (nSPS) is 13.2. The van der Waals surface area contributed by atoms with Gasteiger partial charge in [-0.25, -0.2) is 4.79 Å². The van der Waals surface area contributed by atoms with Gasteiger partial charge in [0.15, 0.2) is 11.5 Å². The van der Waals surface area contributed by atoms with Gasteiger partial charge in [0.25, 0.3) is 0 Å². The first-order valence-electron chi connectivity index (χ1n) is 12.3. The van der Waals surface area contributed by atoms with Gasteiger partial charge in [-0.15, -0.1) is 0 Å². The molecule has 3 aromatic carbocycles. The number of allylic oxidation sites excluding steroid dienone is 1. The van der Waals surface area contributed by atoms with Crippen LogP contribution in [0.1, 0.15) is 47.8 Å². The Kier molecular flexibility index (Phi) is 7.90. The summed E-state index contributed by atoms with van der Waals surface area (Å²) in [5.41, 5.74) is 1.30. The van der Waals surface area contributed by atoms with E-state index in [1.165, 1.54) is 20.1 Å². The second-order valence-electron chi connectivity index (χ2n) is 9.50. The molecule has 0 saturated carbocycles. The molecule has 0 unspecified atom stereocenters. The molecule has 0 aliphatic carbocycles. The molecule has 0 aromatic heterocycles. The smallest absolute Gasteiger partial charge is 0.335 e. The first kappa shape index (κ1) is 27.9. The van der Waals surface area contributed by atoms with Gasteiger partial charge in [0.05, 0.1) is 18.2 Å². The fourth-order valence-electron chi connectivity index (χ4n) is 4.01. The number of rotatable bonds is 9. The Morgan fingerprint density at radius 2 is 1.65 bits per heavy atom. The average Bonchev–Trinajstić information content (AvgIpc) is 2.91. The van der Waals surface area contributed by atoms with E-state index in [1.807, 2.05) is 26.0 Å². The number of fused-ring (bicyclic) bond motifs is 1. The van der Waals surface area contributed by atoms with E-state index < -0.39 is 17.5 Å². The minimum absolute atomic E-state index is 0.0217. The highest BCUT2D eigenvalue weighted by Gasteiger charge is 2.30. The summed E-state index contributed by atoms with van der Waals surface area (Å²) in [6, 6.07) is 14.7. The summed E-state index contributed by atoms with van der Waals surface area (Å²) in [5.74, 6) is -0.182. The summed E-state index contributed by atoms with van der Waals surface area (Å²) in [6.07, 6.45) is 6.71. The summed E-state index contributed by atoms with van der Waals surface area (Å²) in [6.45, 7) is 8.69. The third-order valence-corrected chi connectivity index (χ3v) is 5.99. The Labute approximate surface area is 231 Å². The molecule has 0 bridgehead atoms. The molecule has 0 radical (unpaired) electrons. The predicted molar refractivity (Wildman–Crippen MR) is 151 cm³/mol. The second-order valence-corrected chi connectivity index (χ2v) is 9.50. The Bertz CT molecular complexity index is 1540. The fourth-order valence-corrected chi connectivity index (χ4v) is 4.01. The molecule has 0 fully saturated rings. The molecule has 0 amide bonds. The van der Waals surface area contributed by atoms with Crippen LogP contribution < -0.4 is 18.9 Å². The first-order chi connectivity index (χ1) is 19.0. The highest BCUT2D eigenvalue weighted by Crippen LogP contribution is 2.46. The van der Waals surface area contributed by atoms with Gasteiger partial charge in [-0.3, -0.25) is 9.59 Å². The summed E-state index contributed by atoms with van der Waals surface area (Å²) < 4.78 is 23.1.